The largest absolute Gasteiger partial charge is 0.462 e. The molecule has 0 atom stereocenters. The monoisotopic (exact) mass is 526 g/mol. The molecular weight excluding hydrogens is 499 g/mol. The number of sulfonamides is 1. The molecule has 1 N–H and O–H groups in total. The zero-order valence-corrected chi connectivity index (χ0v) is 21.3. The van der Waals surface area contributed by atoms with Gasteiger partial charge in [0.1, 0.15) is 0 Å². The van der Waals surface area contributed by atoms with Gasteiger partial charge in [0.15, 0.2) is 0 Å². The number of piperidine rings is 1. The molecule has 1 aliphatic heterocycles. The summed E-state index contributed by atoms with van der Waals surface area (Å²) in [5.41, 5.74) is 1.56. The lowest BCUT2D eigenvalue weighted by molar-refractivity contribution is -0.120. The van der Waals surface area contributed by atoms with Crippen LogP contribution in [0.5, 0.6) is 0 Å². The molecule has 0 spiro atoms. The summed E-state index contributed by atoms with van der Waals surface area (Å²) in [6.45, 7) is 2.94. The fourth-order valence-electron chi connectivity index (χ4n) is 3.65. The zero-order chi connectivity index (χ0) is 24.7. The molecule has 184 valence electrons. The van der Waals surface area contributed by atoms with Crippen molar-refractivity contribution in [2.24, 2.45) is 5.92 Å². The molecule has 0 unspecified atom stereocenters. The molecule has 2 aromatic rings. The molecule has 7 nitrogen and oxygen atoms in total. The predicted octanol–water partition coefficient (Wildman–Crippen LogP) is 5.13. The third kappa shape index (κ3) is 7.18. The van der Waals surface area contributed by atoms with Crippen LogP contribution in [0, 0.1) is 5.92 Å². The number of anilines is 1. The first kappa shape index (κ1) is 26.5. The predicted molar refractivity (Wildman–Crippen MR) is 134 cm³/mol. The summed E-state index contributed by atoms with van der Waals surface area (Å²) in [7, 11) is -3.54. The second-order valence-corrected chi connectivity index (χ2v) is 11.0. The molecule has 1 aliphatic rings. The molecule has 0 saturated carbocycles. The van der Waals surface area contributed by atoms with Gasteiger partial charge < -0.3 is 10.1 Å². The quantitative estimate of drug-likeness (QED) is 0.361. The minimum absolute atomic E-state index is 0.167. The molecule has 0 aliphatic carbocycles. The maximum absolute atomic E-state index is 12.8. The Balaban J connectivity index is 1.50. The van der Waals surface area contributed by atoms with E-state index in [4.69, 9.17) is 27.9 Å². The second-order valence-electron chi connectivity index (χ2n) is 8.23. The number of benzene rings is 2. The van der Waals surface area contributed by atoms with Crippen LogP contribution < -0.4 is 5.32 Å². The van der Waals surface area contributed by atoms with E-state index in [0.717, 1.165) is 12.8 Å². The summed E-state index contributed by atoms with van der Waals surface area (Å²) in [6, 6.07) is 11.3. The van der Waals surface area contributed by atoms with Crippen LogP contribution in [-0.4, -0.2) is 44.3 Å². The molecule has 1 saturated heterocycles. The molecule has 0 radical (unpaired) electrons. The van der Waals surface area contributed by atoms with Gasteiger partial charge in [0, 0.05) is 24.7 Å². The van der Waals surface area contributed by atoms with Crippen LogP contribution in [0.2, 0.25) is 10.0 Å². The van der Waals surface area contributed by atoms with E-state index >= 15 is 0 Å². The van der Waals surface area contributed by atoms with Crippen LogP contribution in [0.3, 0.4) is 0 Å². The summed E-state index contributed by atoms with van der Waals surface area (Å²) >= 11 is 11.9. The first-order valence-electron chi connectivity index (χ1n) is 11.2. The van der Waals surface area contributed by atoms with Crippen molar-refractivity contribution in [3.8, 4) is 0 Å². The lowest BCUT2D eigenvalue weighted by Gasteiger charge is -2.30. The number of carbonyl (C=O) groups is 2. The van der Waals surface area contributed by atoms with Gasteiger partial charge in [-0.2, -0.15) is 0 Å². The van der Waals surface area contributed by atoms with Gasteiger partial charge in [0.2, 0.25) is 15.9 Å². The van der Waals surface area contributed by atoms with Gasteiger partial charge in [-0.25, -0.2) is 17.5 Å². The topological polar surface area (TPSA) is 92.8 Å². The van der Waals surface area contributed by atoms with E-state index in [0.29, 0.717) is 46.3 Å². The van der Waals surface area contributed by atoms with E-state index in [1.165, 1.54) is 4.31 Å². The van der Waals surface area contributed by atoms with Crippen molar-refractivity contribution in [2.45, 2.75) is 38.4 Å². The van der Waals surface area contributed by atoms with Crippen molar-refractivity contribution in [3.05, 3.63) is 63.6 Å². The number of amides is 1. The Labute approximate surface area is 210 Å². The fraction of sp³-hybridized carbons (Fsp3) is 0.417. The van der Waals surface area contributed by atoms with Crippen LogP contribution in [0.15, 0.2) is 42.5 Å². The van der Waals surface area contributed by atoms with E-state index in [1.807, 2.05) is 6.92 Å². The van der Waals surface area contributed by atoms with Crippen molar-refractivity contribution in [2.75, 3.05) is 25.0 Å². The highest BCUT2D eigenvalue weighted by atomic mass is 35.5. The summed E-state index contributed by atoms with van der Waals surface area (Å²) in [5.74, 6) is -1.02. The number of hydrogen-bond donors (Lipinski definition) is 1. The lowest BCUT2D eigenvalue weighted by atomic mass is 9.97. The minimum atomic E-state index is -3.54. The van der Waals surface area contributed by atoms with Gasteiger partial charge in [-0.05, 0) is 61.2 Å². The highest BCUT2D eigenvalue weighted by Crippen LogP contribution is 2.26. The van der Waals surface area contributed by atoms with Gasteiger partial charge in [-0.1, -0.05) is 42.6 Å². The third-order valence-corrected chi connectivity index (χ3v) is 8.26. The molecule has 1 fully saturated rings. The molecule has 1 heterocycles. The molecule has 1 amide bonds. The average molecular weight is 527 g/mol. The molecule has 2 aromatic carbocycles. The van der Waals surface area contributed by atoms with Crippen LogP contribution in [0.25, 0.3) is 0 Å². The number of halogens is 2. The fourth-order valence-corrected chi connectivity index (χ4v) is 5.53. The smallest absolute Gasteiger partial charge is 0.338 e. The third-order valence-electron chi connectivity index (χ3n) is 5.67. The van der Waals surface area contributed by atoms with Crippen molar-refractivity contribution >= 4 is 50.8 Å². The Morgan fingerprint density at radius 2 is 1.74 bits per heavy atom. The molecule has 3 rings (SSSR count). The van der Waals surface area contributed by atoms with Gasteiger partial charge in [-0.15, -0.1) is 0 Å². The number of hydrogen-bond acceptors (Lipinski definition) is 5. The van der Waals surface area contributed by atoms with E-state index in [-0.39, 0.29) is 36.6 Å². The maximum Gasteiger partial charge on any atom is 0.338 e. The van der Waals surface area contributed by atoms with E-state index in [9.17, 15) is 18.0 Å². The minimum Gasteiger partial charge on any atom is -0.462 e. The standard InChI is InChI=1S/C24H28Cl2N2O5S/c1-2-3-14-33-24(30)19-5-7-20(8-6-19)27-23(29)18-10-12-28(13-11-18)34(31,32)16-17-4-9-21(25)22(26)15-17/h4-9,15,18H,2-3,10-14,16H2,1H3,(H,27,29). The first-order chi connectivity index (χ1) is 16.2. The molecule has 0 bridgehead atoms. The SMILES string of the molecule is CCCCOC(=O)c1ccc(NC(=O)C2CCN(S(=O)(=O)Cc3ccc(Cl)c(Cl)c3)CC2)cc1. The normalized spacial score (nSPS) is 15.1. The van der Waals surface area contributed by atoms with Crippen molar-refractivity contribution in [1.29, 1.82) is 0 Å². The summed E-state index contributed by atoms with van der Waals surface area (Å²) in [4.78, 5) is 24.7. The number of nitrogens with zero attached hydrogens (tertiary/aromatic N) is 1. The number of rotatable bonds is 9. The molecular formula is C24H28Cl2N2O5S. The summed E-state index contributed by atoms with van der Waals surface area (Å²) in [5, 5.41) is 3.53. The van der Waals surface area contributed by atoms with Gasteiger partial charge >= 0.3 is 5.97 Å². The zero-order valence-electron chi connectivity index (χ0n) is 18.9. The van der Waals surface area contributed by atoms with Crippen molar-refractivity contribution in [1.82, 2.24) is 4.31 Å². The Morgan fingerprint density at radius 1 is 1.06 bits per heavy atom. The highest BCUT2D eigenvalue weighted by Gasteiger charge is 2.31. The van der Waals surface area contributed by atoms with E-state index < -0.39 is 10.0 Å². The van der Waals surface area contributed by atoms with Crippen LogP contribution in [-0.2, 0) is 25.3 Å². The van der Waals surface area contributed by atoms with Gasteiger partial charge in [-0.3, -0.25) is 4.79 Å². The van der Waals surface area contributed by atoms with Crippen LogP contribution in [0.4, 0.5) is 5.69 Å². The Morgan fingerprint density at radius 3 is 2.35 bits per heavy atom. The molecule has 0 aromatic heterocycles. The number of esters is 1. The first-order valence-corrected chi connectivity index (χ1v) is 13.6. The maximum atomic E-state index is 12.8. The van der Waals surface area contributed by atoms with Crippen LogP contribution in [0.1, 0.15) is 48.5 Å². The summed E-state index contributed by atoms with van der Waals surface area (Å²) in [6.07, 6.45) is 2.61. The number of unbranched alkanes of at least 4 members (excludes halogenated alkanes) is 1. The number of carbonyl (C=O) groups excluding carboxylic acids is 2. The average Bonchev–Trinajstić information content (AvgIpc) is 2.82. The Hall–Kier alpha value is -2.13. The lowest BCUT2D eigenvalue weighted by Crippen LogP contribution is -2.41. The van der Waals surface area contributed by atoms with Crippen molar-refractivity contribution < 1.29 is 22.7 Å². The Kier molecular flexibility index (Phi) is 9.36. The van der Waals surface area contributed by atoms with E-state index in [1.54, 1.807) is 42.5 Å². The highest BCUT2D eigenvalue weighted by molar-refractivity contribution is 7.88. The molecule has 34 heavy (non-hydrogen) atoms. The number of ether oxygens (including phenoxy) is 1. The van der Waals surface area contributed by atoms with Gasteiger partial charge in [0.05, 0.1) is 28.0 Å². The molecule has 10 heteroatoms. The van der Waals surface area contributed by atoms with Crippen LogP contribution >= 0.6 is 23.2 Å². The van der Waals surface area contributed by atoms with Gasteiger partial charge in [0.25, 0.3) is 0 Å². The number of nitrogens with one attached hydrogen (secondary N) is 1. The second kappa shape index (κ2) is 12.0. The Bertz CT molecular complexity index is 1110. The van der Waals surface area contributed by atoms with Crippen molar-refractivity contribution in [3.63, 3.8) is 0 Å². The summed E-state index contributed by atoms with van der Waals surface area (Å²) < 4.78 is 32.2. The van der Waals surface area contributed by atoms with E-state index in [2.05, 4.69) is 5.32 Å².